The Hall–Kier alpha value is -1.38. The largest absolute Gasteiger partial charge is 0.456 e. The summed E-state index contributed by atoms with van der Waals surface area (Å²) in [5.74, 6) is -0.426. The second kappa shape index (κ2) is 3.08. The van der Waals surface area contributed by atoms with Gasteiger partial charge in [0.15, 0.2) is 6.17 Å². The van der Waals surface area contributed by atoms with Gasteiger partial charge < -0.3 is 4.74 Å². The molecule has 2 rings (SSSR count). The third-order valence-corrected chi connectivity index (χ3v) is 2.43. The minimum Gasteiger partial charge on any atom is -0.456 e. The number of cyclic esters (lactones) is 1. The van der Waals surface area contributed by atoms with E-state index in [0.717, 1.165) is 5.56 Å². The Kier molecular flexibility index (Phi) is 2.02. The fourth-order valence-corrected chi connectivity index (χ4v) is 1.63. The Morgan fingerprint density at radius 1 is 1.43 bits per heavy atom. The van der Waals surface area contributed by atoms with Gasteiger partial charge in [-0.1, -0.05) is 17.7 Å². The number of esters is 1. The van der Waals surface area contributed by atoms with Gasteiger partial charge in [0.1, 0.15) is 6.10 Å². The fourth-order valence-electron chi connectivity index (χ4n) is 1.63. The van der Waals surface area contributed by atoms with Crippen LogP contribution in [0.4, 0.5) is 4.39 Å². The molecule has 2 atom stereocenters. The van der Waals surface area contributed by atoms with Gasteiger partial charge >= 0.3 is 5.97 Å². The van der Waals surface area contributed by atoms with Crippen LogP contribution in [0.15, 0.2) is 18.2 Å². The molecule has 1 aliphatic heterocycles. The molecule has 0 fully saturated rings. The number of carbonyl (C=O) groups excluding carboxylic acids is 1. The van der Waals surface area contributed by atoms with E-state index in [1.165, 1.54) is 0 Å². The summed E-state index contributed by atoms with van der Waals surface area (Å²) in [5, 5.41) is 0. The molecular weight excluding hydrogens is 183 g/mol. The molecule has 1 heterocycles. The van der Waals surface area contributed by atoms with Crippen molar-refractivity contribution in [2.24, 2.45) is 0 Å². The van der Waals surface area contributed by atoms with Crippen molar-refractivity contribution in [1.82, 2.24) is 0 Å². The van der Waals surface area contributed by atoms with Gasteiger partial charge in [0, 0.05) is 5.56 Å². The van der Waals surface area contributed by atoms with Gasteiger partial charge in [-0.05, 0) is 19.9 Å². The SMILES string of the molecule is Cc1ccc2c(c1)C(=O)O[C@@H](C)[C@H]2F. The number of benzene rings is 1. The number of fused-ring (bicyclic) bond motifs is 1. The van der Waals surface area contributed by atoms with Crippen LogP contribution in [0.25, 0.3) is 0 Å². The van der Waals surface area contributed by atoms with E-state index in [0.29, 0.717) is 11.1 Å². The molecule has 0 aromatic heterocycles. The first-order valence-electron chi connectivity index (χ1n) is 4.55. The second-order valence-electron chi connectivity index (χ2n) is 3.60. The van der Waals surface area contributed by atoms with Gasteiger partial charge in [-0.25, -0.2) is 9.18 Å². The summed E-state index contributed by atoms with van der Waals surface area (Å²) in [6.45, 7) is 3.42. The molecule has 0 saturated heterocycles. The van der Waals surface area contributed by atoms with Crippen LogP contribution in [-0.2, 0) is 4.74 Å². The van der Waals surface area contributed by atoms with Crippen molar-refractivity contribution in [1.29, 1.82) is 0 Å². The molecular formula is C11H11FO2. The van der Waals surface area contributed by atoms with E-state index in [1.807, 2.05) is 6.92 Å². The van der Waals surface area contributed by atoms with E-state index < -0.39 is 18.2 Å². The van der Waals surface area contributed by atoms with Crippen LogP contribution in [0.3, 0.4) is 0 Å². The summed E-state index contributed by atoms with van der Waals surface area (Å²) >= 11 is 0. The highest BCUT2D eigenvalue weighted by Crippen LogP contribution is 2.32. The van der Waals surface area contributed by atoms with Crippen molar-refractivity contribution >= 4 is 5.97 Å². The number of ether oxygens (including phenoxy) is 1. The van der Waals surface area contributed by atoms with Gasteiger partial charge in [-0.3, -0.25) is 0 Å². The molecule has 0 bridgehead atoms. The summed E-state index contributed by atoms with van der Waals surface area (Å²) in [5.41, 5.74) is 1.73. The Morgan fingerprint density at radius 2 is 2.14 bits per heavy atom. The topological polar surface area (TPSA) is 26.3 Å². The monoisotopic (exact) mass is 194 g/mol. The highest BCUT2D eigenvalue weighted by atomic mass is 19.1. The summed E-state index contributed by atoms with van der Waals surface area (Å²) in [6.07, 6.45) is -1.89. The van der Waals surface area contributed by atoms with E-state index in [2.05, 4.69) is 0 Å². The van der Waals surface area contributed by atoms with E-state index in [9.17, 15) is 9.18 Å². The van der Waals surface area contributed by atoms with E-state index >= 15 is 0 Å². The van der Waals surface area contributed by atoms with E-state index in [-0.39, 0.29) is 0 Å². The summed E-state index contributed by atoms with van der Waals surface area (Å²) in [4.78, 5) is 11.4. The van der Waals surface area contributed by atoms with Crippen LogP contribution in [0, 0.1) is 6.92 Å². The fraction of sp³-hybridized carbons (Fsp3) is 0.364. The zero-order chi connectivity index (χ0) is 10.3. The zero-order valence-electron chi connectivity index (χ0n) is 8.08. The third-order valence-electron chi connectivity index (χ3n) is 2.43. The van der Waals surface area contributed by atoms with Crippen molar-refractivity contribution < 1.29 is 13.9 Å². The molecule has 0 spiro atoms. The predicted octanol–water partition coefficient (Wildman–Crippen LogP) is 2.56. The number of rotatable bonds is 0. The molecule has 0 radical (unpaired) electrons. The first kappa shape index (κ1) is 9.19. The normalized spacial score (nSPS) is 25.5. The smallest absolute Gasteiger partial charge is 0.338 e. The Morgan fingerprint density at radius 3 is 2.86 bits per heavy atom. The van der Waals surface area contributed by atoms with Crippen LogP contribution in [0.1, 0.15) is 34.6 Å². The highest BCUT2D eigenvalue weighted by molar-refractivity contribution is 5.92. The maximum Gasteiger partial charge on any atom is 0.338 e. The van der Waals surface area contributed by atoms with Crippen molar-refractivity contribution in [3.8, 4) is 0 Å². The van der Waals surface area contributed by atoms with Crippen LogP contribution in [0.5, 0.6) is 0 Å². The van der Waals surface area contributed by atoms with Crippen LogP contribution in [-0.4, -0.2) is 12.1 Å². The quantitative estimate of drug-likeness (QED) is 0.593. The molecule has 0 aliphatic carbocycles. The van der Waals surface area contributed by atoms with Crippen LogP contribution in [0.2, 0.25) is 0 Å². The lowest BCUT2D eigenvalue weighted by Gasteiger charge is -2.25. The molecule has 0 amide bonds. The standard InChI is InChI=1S/C11H11FO2/c1-6-3-4-8-9(5-6)11(13)14-7(2)10(8)12/h3-5,7,10H,1-2H3/t7-,10+/m0/s1. The van der Waals surface area contributed by atoms with Crippen molar-refractivity contribution in [3.63, 3.8) is 0 Å². The van der Waals surface area contributed by atoms with Gasteiger partial charge in [-0.2, -0.15) is 0 Å². The minimum atomic E-state index is -1.21. The zero-order valence-corrected chi connectivity index (χ0v) is 8.08. The summed E-state index contributed by atoms with van der Waals surface area (Å²) in [6, 6.07) is 5.12. The van der Waals surface area contributed by atoms with Gasteiger partial charge in [0.2, 0.25) is 0 Å². The molecule has 74 valence electrons. The highest BCUT2D eigenvalue weighted by Gasteiger charge is 2.32. The molecule has 0 N–H and O–H groups in total. The lowest BCUT2D eigenvalue weighted by molar-refractivity contribution is 0.00401. The number of alkyl halides is 1. The molecule has 0 saturated carbocycles. The van der Waals surface area contributed by atoms with Crippen LogP contribution >= 0.6 is 0 Å². The van der Waals surface area contributed by atoms with E-state index in [1.54, 1.807) is 25.1 Å². The molecule has 3 heteroatoms. The average Bonchev–Trinajstić information content (AvgIpc) is 2.14. The molecule has 2 nitrogen and oxygen atoms in total. The molecule has 1 aliphatic rings. The molecule has 14 heavy (non-hydrogen) atoms. The summed E-state index contributed by atoms with van der Waals surface area (Å²) in [7, 11) is 0. The maximum atomic E-state index is 13.6. The number of halogens is 1. The van der Waals surface area contributed by atoms with Crippen molar-refractivity contribution in [2.75, 3.05) is 0 Å². The van der Waals surface area contributed by atoms with E-state index in [4.69, 9.17) is 4.74 Å². The van der Waals surface area contributed by atoms with Crippen molar-refractivity contribution in [3.05, 3.63) is 34.9 Å². The van der Waals surface area contributed by atoms with Gasteiger partial charge in [-0.15, -0.1) is 0 Å². The lowest BCUT2D eigenvalue weighted by Crippen LogP contribution is -2.27. The number of hydrogen-bond donors (Lipinski definition) is 0. The number of aryl methyl sites for hydroxylation is 1. The number of carbonyl (C=O) groups is 1. The van der Waals surface area contributed by atoms with Gasteiger partial charge in [0.25, 0.3) is 0 Å². The van der Waals surface area contributed by atoms with Gasteiger partial charge in [0.05, 0.1) is 5.56 Å². The maximum absolute atomic E-state index is 13.6. The first-order chi connectivity index (χ1) is 6.59. The predicted molar refractivity (Wildman–Crippen MR) is 49.9 cm³/mol. The molecule has 0 unspecified atom stereocenters. The second-order valence-corrected chi connectivity index (χ2v) is 3.60. The minimum absolute atomic E-state index is 0.357. The van der Waals surface area contributed by atoms with Crippen LogP contribution < -0.4 is 0 Å². The Labute approximate surface area is 81.7 Å². The lowest BCUT2D eigenvalue weighted by atomic mass is 9.96. The Bertz CT molecular complexity index is 387. The molecule has 1 aromatic carbocycles. The Balaban J connectivity index is 2.56. The molecule has 1 aromatic rings. The average molecular weight is 194 g/mol. The van der Waals surface area contributed by atoms with Crippen molar-refractivity contribution in [2.45, 2.75) is 26.1 Å². The number of hydrogen-bond acceptors (Lipinski definition) is 2. The summed E-state index contributed by atoms with van der Waals surface area (Å²) < 4.78 is 18.5. The first-order valence-corrected chi connectivity index (χ1v) is 4.55. The third kappa shape index (κ3) is 1.29.